The first-order chi connectivity index (χ1) is 14.7. The van der Waals surface area contributed by atoms with Gasteiger partial charge in [-0.15, -0.1) is 0 Å². The first kappa shape index (κ1) is 17.9. The van der Waals surface area contributed by atoms with Gasteiger partial charge in [-0.05, 0) is 61.5 Å². The molecule has 1 aliphatic heterocycles. The van der Waals surface area contributed by atoms with Crippen LogP contribution in [0, 0.1) is 6.92 Å². The third-order valence-corrected chi connectivity index (χ3v) is 4.89. The van der Waals surface area contributed by atoms with E-state index in [0.717, 1.165) is 33.5 Å². The van der Waals surface area contributed by atoms with Crippen molar-refractivity contribution in [3.63, 3.8) is 0 Å². The van der Waals surface area contributed by atoms with Crippen LogP contribution in [0.3, 0.4) is 0 Å². The first-order valence-electron chi connectivity index (χ1n) is 9.66. The number of imidazole rings is 1. The summed E-state index contributed by atoms with van der Waals surface area (Å²) in [5.41, 5.74) is 2.06. The molecule has 0 bridgehead atoms. The molecular weight excluding hydrogens is 374 g/mol. The number of aryl methyl sites for hydroxylation is 1. The fraction of sp³-hybridized carbons (Fsp3) is 0.0400. The van der Waals surface area contributed by atoms with E-state index in [4.69, 9.17) is 4.74 Å². The molecule has 0 radical (unpaired) electrons. The number of nitrogens with zero attached hydrogens (tertiary/aromatic N) is 3. The zero-order valence-electron chi connectivity index (χ0n) is 16.4. The van der Waals surface area contributed by atoms with Crippen LogP contribution in [0.1, 0.15) is 11.5 Å². The minimum atomic E-state index is 0.0799. The first-order valence-corrected chi connectivity index (χ1v) is 9.66. The zero-order valence-corrected chi connectivity index (χ0v) is 16.4. The number of aromatic nitrogens is 2. The fourth-order valence-corrected chi connectivity index (χ4v) is 3.49. The van der Waals surface area contributed by atoms with Crippen molar-refractivity contribution in [1.29, 1.82) is 0 Å². The van der Waals surface area contributed by atoms with E-state index in [2.05, 4.69) is 9.98 Å². The van der Waals surface area contributed by atoms with Crippen LogP contribution in [0.4, 0.5) is 0 Å². The van der Waals surface area contributed by atoms with E-state index in [1.165, 1.54) is 0 Å². The number of ether oxygens (including phenoxy) is 1. The van der Waals surface area contributed by atoms with Crippen molar-refractivity contribution in [1.82, 2.24) is 9.55 Å². The number of hydrogen-bond donors (Lipinski definition) is 1. The predicted molar refractivity (Wildman–Crippen MR) is 116 cm³/mol. The number of para-hydroxylation sites is 2. The maximum absolute atomic E-state index is 10.8. The Hall–Kier alpha value is -4.12. The zero-order chi connectivity index (χ0) is 20.5. The SMILES string of the molecule is Cc1nc(/C=C2/C=c3ccccc3=N2)c(O)n1-c1ccc(Oc2ccccc2)cc1. The number of hydrogen-bond acceptors (Lipinski definition) is 4. The molecule has 146 valence electrons. The van der Waals surface area contributed by atoms with Crippen molar-refractivity contribution >= 4 is 12.2 Å². The van der Waals surface area contributed by atoms with Gasteiger partial charge < -0.3 is 9.84 Å². The van der Waals surface area contributed by atoms with E-state index in [-0.39, 0.29) is 5.88 Å². The Morgan fingerprint density at radius 1 is 0.867 bits per heavy atom. The summed E-state index contributed by atoms with van der Waals surface area (Å²) in [5.74, 6) is 2.27. The molecule has 1 N–H and O–H groups in total. The van der Waals surface area contributed by atoms with Crippen LogP contribution < -0.4 is 15.3 Å². The van der Waals surface area contributed by atoms with Gasteiger partial charge in [-0.25, -0.2) is 9.98 Å². The van der Waals surface area contributed by atoms with Gasteiger partial charge in [-0.2, -0.15) is 0 Å². The number of rotatable bonds is 4. The van der Waals surface area contributed by atoms with E-state index < -0.39 is 0 Å². The summed E-state index contributed by atoms with van der Waals surface area (Å²) in [4.78, 5) is 9.11. The molecule has 0 spiro atoms. The van der Waals surface area contributed by atoms with Crippen LogP contribution in [0.5, 0.6) is 17.4 Å². The van der Waals surface area contributed by atoms with E-state index in [9.17, 15) is 5.11 Å². The van der Waals surface area contributed by atoms with Crippen LogP contribution in [0.15, 0.2) is 89.6 Å². The van der Waals surface area contributed by atoms with Gasteiger partial charge in [-0.1, -0.05) is 36.4 Å². The second-order valence-corrected chi connectivity index (χ2v) is 7.00. The van der Waals surface area contributed by atoms with E-state index in [0.29, 0.717) is 11.5 Å². The lowest BCUT2D eigenvalue weighted by Crippen LogP contribution is -2.19. The molecule has 3 aromatic carbocycles. The summed E-state index contributed by atoms with van der Waals surface area (Å²) in [5, 5.41) is 12.8. The van der Waals surface area contributed by atoms with Gasteiger partial charge in [0.25, 0.3) is 0 Å². The molecule has 1 aromatic heterocycles. The highest BCUT2D eigenvalue weighted by molar-refractivity contribution is 5.67. The summed E-state index contributed by atoms with van der Waals surface area (Å²) in [6.45, 7) is 1.86. The van der Waals surface area contributed by atoms with Gasteiger partial charge in [0, 0.05) is 5.22 Å². The molecule has 30 heavy (non-hydrogen) atoms. The molecule has 5 heteroatoms. The van der Waals surface area contributed by atoms with Gasteiger partial charge in [-0.3, -0.25) is 4.57 Å². The van der Waals surface area contributed by atoms with Crippen LogP contribution in [-0.2, 0) is 0 Å². The fourth-order valence-electron chi connectivity index (χ4n) is 3.49. The minimum Gasteiger partial charge on any atom is -0.493 e. The summed E-state index contributed by atoms with van der Waals surface area (Å²) in [6, 6.07) is 25.1. The third kappa shape index (κ3) is 3.37. The summed E-state index contributed by atoms with van der Waals surface area (Å²) in [6.07, 6.45) is 3.78. The number of allylic oxidation sites excluding steroid dienone is 1. The van der Waals surface area contributed by atoms with Gasteiger partial charge in [0.1, 0.15) is 23.0 Å². The molecule has 0 atom stereocenters. The van der Waals surface area contributed by atoms with Gasteiger partial charge >= 0.3 is 0 Å². The lowest BCUT2D eigenvalue weighted by molar-refractivity contribution is 0.440. The molecule has 1 aliphatic rings. The Bertz CT molecular complexity index is 1330. The summed E-state index contributed by atoms with van der Waals surface area (Å²) in [7, 11) is 0. The van der Waals surface area contributed by atoms with Crippen molar-refractivity contribution < 1.29 is 9.84 Å². The standard InChI is InChI=1S/C25H19N3O2/c1-17-26-24(16-19-15-18-7-5-6-10-23(18)27-19)25(29)28(17)20-11-13-22(14-12-20)30-21-8-3-2-4-9-21/h2-16,29H,1H3/b19-16-. The largest absolute Gasteiger partial charge is 0.493 e. The molecule has 0 aliphatic carbocycles. The molecule has 0 unspecified atom stereocenters. The average molecular weight is 393 g/mol. The maximum atomic E-state index is 10.8. The van der Waals surface area contributed by atoms with Crippen molar-refractivity contribution in [2.45, 2.75) is 6.92 Å². The Morgan fingerprint density at radius 3 is 2.33 bits per heavy atom. The highest BCUT2D eigenvalue weighted by atomic mass is 16.5. The van der Waals surface area contributed by atoms with E-state index >= 15 is 0 Å². The van der Waals surface area contributed by atoms with Crippen molar-refractivity contribution in [2.24, 2.45) is 4.99 Å². The lowest BCUT2D eigenvalue weighted by Gasteiger charge is -2.09. The quantitative estimate of drug-likeness (QED) is 0.567. The molecule has 0 fully saturated rings. The normalized spacial score (nSPS) is 13.6. The topological polar surface area (TPSA) is 59.6 Å². The molecule has 4 aromatic rings. The number of benzene rings is 3. The average Bonchev–Trinajstić information content (AvgIpc) is 3.29. The monoisotopic (exact) mass is 393 g/mol. The maximum Gasteiger partial charge on any atom is 0.223 e. The molecular formula is C25H19N3O2. The minimum absolute atomic E-state index is 0.0799. The molecule has 0 saturated heterocycles. The van der Waals surface area contributed by atoms with Crippen molar-refractivity contribution in [3.05, 3.63) is 107 Å². The highest BCUT2D eigenvalue weighted by Crippen LogP contribution is 2.28. The highest BCUT2D eigenvalue weighted by Gasteiger charge is 2.15. The van der Waals surface area contributed by atoms with E-state index in [1.807, 2.05) is 91.9 Å². The molecule has 0 saturated carbocycles. The Morgan fingerprint density at radius 2 is 1.57 bits per heavy atom. The van der Waals surface area contributed by atoms with Crippen LogP contribution in [-0.4, -0.2) is 14.7 Å². The molecule has 5 rings (SSSR count). The Labute approximate surface area is 173 Å². The Balaban J connectivity index is 1.44. The summed E-state index contributed by atoms with van der Waals surface area (Å²) >= 11 is 0. The molecule has 2 heterocycles. The number of aromatic hydroxyl groups is 1. The van der Waals surface area contributed by atoms with Gasteiger partial charge in [0.2, 0.25) is 5.88 Å². The molecule has 5 nitrogen and oxygen atoms in total. The predicted octanol–water partition coefficient (Wildman–Crippen LogP) is 4.13. The summed E-state index contributed by atoms with van der Waals surface area (Å²) < 4.78 is 7.55. The third-order valence-electron chi connectivity index (χ3n) is 4.89. The van der Waals surface area contributed by atoms with Crippen LogP contribution in [0.2, 0.25) is 0 Å². The van der Waals surface area contributed by atoms with Crippen LogP contribution >= 0.6 is 0 Å². The van der Waals surface area contributed by atoms with Gasteiger partial charge in [0.15, 0.2) is 0 Å². The second kappa shape index (κ2) is 7.37. The smallest absolute Gasteiger partial charge is 0.223 e. The number of fused-ring (bicyclic) bond motifs is 1. The second-order valence-electron chi connectivity index (χ2n) is 7.00. The van der Waals surface area contributed by atoms with Gasteiger partial charge in [0.05, 0.1) is 16.7 Å². The molecule has 0 amide bonds. The lowest BCUT2D eigenvalue weighted by atomic mass is 10.2. The Kier molecular flexibility index (Phi) is 4.41. The van der Waals surface area contributed by atoms with Crippen LogP contribution in [0.25, 0.3) is 17.8 Å². The van der Waals surface area contributed by atoms with Crippen molar-refractivity contribution in [3.8, 4) is 23.1 Å². The van der Waals surface area contributed by atoms with E-state index in [1.54, 1.807) is 10.6 Å². The van der Waals surface area contributed by atoms with Crippen molar-refractivity contribution in [2.75, 3.05) is 0 Å².